The number of sulfonamides is 1. The van der Waals surface area contributed by atoms with Crippen LogP contribution in [0.5, 0.6) is 0 Å². The van der Waals surface area contributed by atoms with Gasteiger partial charge in [-0.15, -0.1) is 13.9 Å². The first-order valence-electron chi connectivity index (χ1n) is 11.5. The summed E-state index contributed by atoms with van der Waals surface area (Å²) in [6.45, 7) is 6.39. The minimum atomic E-state index is -3.87. The van der Waals surface area contributed by atoms with E-state index in [-0.39, 0.29) is 44.0 Å². The number of hydrogen-bond donors (Lipinski definition) is 3. The maximum Gasteiger partial charge on any atom is 0.300 e. The number of para-hydroxylation sites is 1. The Kier molecular flexibility index (Phi) is 12.5. The molecule has 0 unspecified atom stereocenters. The third-order valence-corrected chi connectivity index (χ3v) is 7.21. The number of amidine groups is 1. The Morgan fingerprint density at radius 3 is 2.17 bits per heavy atom. The molecule has 0 spiro atoms. The van der Waals surface area contributed by atoms with Gasteiger partial charge in [0, 0.05) is 63.1 Å². The fourth-order valence-electron chi connectivity index (χ4n) is 3.32. The van der Waals surface area contributed by atoms with Crippen LogP contribution in [-0.4, -0.2) is 68.3 Å². The third kappa shape index (κ3) is 9.65. The first kappa shape index (κ1) is 33.9. The molecule has 1 aliphatic heterocycles. The SMILES string of the molecule is CC(=O)O.CC1=NN(c2ccccc2)C(=N)/C1=C(/[S-])SN=Nc1ccc(S(=O)(=O)Nc2nc(C)cc(C)n2)cc1.[Pb]. The van der Waals surface area contributed by atoms with Crippen molar-refractivity contribution in [2.24, 2.45) is 14.7 Å². The third-order valence-electron chi connectivity index (χ3n) is 4.90. The second-order valence-electron chi connectivity index (χ2n) is 8.21. The molecular formula is C25H25N8O4PbS3-. The maximum atomic E-state index is 12.7. The number of hydrogen-bond acceptors (Lipinski definition) is 11. The Balaban J connectivity index is 0.00000110. The number of rotatable bonds is 7. The maximum absolute atomic E-state index is 12.7. The molecule has 16 heteroatoms. The van der Waals surface area contributed by atoms with Gasteiger partial charge in [0.15, 0.2) is 5.84 Å². The summed E-state index contributed by atoms with van der Waals surface area (Å²) in [6, 6.07) is 17.0. The van der Waals surface area contributed by atoms with E-state index in [9.17, 15) is 8.42 Å². The van der Waals surface area contributed by atoms with Crippen LogP contribution in [-0.2, 0) is 27.4 Å². The van der Waals surface area contributed by atoms with Gasteiger partial charge in [-0.3, -0.25) is 10.2 Å². The fraction of sp³-hybridized carbons (Fsp3) is 0.160. The van der Waals surface area contributed by atoms with Crippen molar-refractivity contribution in [1.29, 1.82) is 5.41 Å². The van der Waals surface area contributed by atoms with Crippen molar-refractivity contribution in [3.05, 3.63) is 81.9 Å². The molecule has 0 amide bonds. The molecule has 41 heavy (non-hydrogen) atoms. The largest absolute Gasteiger partial charge is 0.770 e. The predicted octanol–water partition coefficient (Wildman–Crippen LogP) is 4.97. The van der Waals surface area contributed by atoms with Crippen molar-refractivity contribution in [1.82, 2.24) is 9.97 Å². The van der Waals surface area contributed by atoms with Crippen molar-refractivity contribution in [2.75, 3.05) is 9.73 Å². The number of nitrogens with one attached hydrogen (secondary N) is 2. The zero-order valence-electron chi connectivity index (χ0n) is 22.4. The molecule has 1 aliphatic rings. The van der Waals surface area contributed by atoms with Crippen LogP contribution < -0.4 is 9.73 Å². The average molecular weight is 805 g/mol. The van der Waals surface area contributed by atoms with Gasteiger partial charge in [0.1, 0.15) is 0 Å². The van der Waals surface area contributed by atoms with Crippen molar-refractivity contribution in [2.45, 2.75) is 32.6 Å². The van der Waals surface area contributed by atoms with Crippen LogP contribution in [0, 0.1) is 19.3 Å². The van der Waals surface area contributed by atoms with Crippen LogP contribution in [0.25, 0.3) is 0 Å². The predicted molar refractivity (Wildman–Crippen MR) is 164 cm³/mol. The average Bonchev–Trinajstić information content (AvgIpc) is 3.17. The number of benzene rings is 2. The molecule has 0 aliphatic carbocycles. The van der Waals surface area contributed by atoms with E-state index < -0.39 is 16.0 Å². The number of aryl methyl sites for hydroxylation is 2. The first-order valence-corrected chi connectivity index (χ1v) is 14.2. The van der Waals surface area contributed by atoms with Gasteiger partial charge >= 0.3 is 0 Å². The number of aromatic nitrogens is 2. The van der Waals surface area contributed by atoms with Gasteiger partial charge in [0.25, 0.3) is 16.0 Å². The Bertz CT molecular complexity index is 1590. The van der Waals surface area contributed by atoms with Crippen molar-refractivity contribution in [3.63, 3.8) is 0 Å². The second-order valence-corrected chi connectivity index (χ2v) is 11.3. The molecule has 0 saturated heterocycles. The van der Waals surface area contributed by atoms with Gasteiger partial charge in [-0.1, -0.05) is 18.2 Å². The van der Waals surface area contributed by atoms with E-state index in [2.05, 4.69) is 29.4 Å². The van der Waals surface area contributed by atoms with E-state index in [0.29, 0.717) is 32.6 Å². The smallest absolute Gasteiger partial charge is 0.300 e. The molecule has 4 radical (unpaired) electrons. The summed E-state index contributed by atoms with van der Waals surface area (Å²) >= 11 is 6.41. The van der Waals surface area contributed by atoms with Crippen molar-refractivity contribution >= 4 is 96.7 Å². The van der Waals surface area contributed by atoms with Crippen LogP contribution in [0.1, 0.15) is 25.2 Å². The molecule has 3 aromatic rings. The van der Waals surface area contributed by atoms with Gasteiger partial charge in [-0.2, -0.15) is 5.10 Å². The molecular weight excluding hydrogens is 780 g/mol. The standard InChI is InChI=1S/C23H22N8O2S3.C2H4O2.Pb/c1-14-13-15(2)26-23(25-14)29-36(32,33)19-11-9-17(10-12-19)27-30-35-22(34)20-16(3)28-31(21(20)24)18-7-5-4-6-8-18;1-2(3)4;/h4-13,24,34H,1-3H3,(H,25,26,29);1H3,(H,3,4);/p-1/b22-20-,24-21?,30-27?;;. The van der Waals surface area contributed by atoms with Gasteiger partial charge in [-0.05, 0) is 63.2 Å². The molecule has 212 valence electrons. The van der Waals surface area contributed by atoms with Gasteiger partial charge < -0.3 is 17.7 Å². The Morgan fingerprint density at radius 1 is 1.05 bits per heavy atom. The summed E-state index contributed by atoms with van der Waals surface area (Å²) in [5.41, 5.74) is 3.65. The molecule has 2 aromatic carbocycles. The fourth-order valence-corrected chi connectivity index (χ4v) is 5.15. The first-order chi connectivity index (χ1) is 18.9. The van der Waals surface area contributed by atoms with E-state index in [0.717, 1.165) is 24.6 Å². The Labute approximate surface area is 267 Å². The normalized spacial score (nSPS) is 14.1. The van der Waals surface area contributed by atoms with Gasteiger partial charge in [0.2, 0.25) is 5.95 Å². The summed E-state index contributed by atoms with van der Waals surface area (Å²) < 4.78 is 32.1. The molecule has 12 nitrogen and oxygen atoms in total. The monoisotopic (exact) mass is 805 g/mol. The minimum absolute atomic E-state index is 0. The molecule has 0 saturated carbocycles. The molecule has 3 N–H and O–H groups in total. The summed E-state index contributed by atoms with van der Waals surface area (Å²) in [5, 5.41) is 25.9. The molecule has 2 heterocycles. The minimum Gasteiger partial charge on any atom is -0.770 e. The van der Waals surface area contributed by atoms with E-state index in [4.69, 9.17) is 27.9 Å². The number of anilines is 2. The van der Waals surface area contributed by atoms with Crippen LogP contribution in [0.3, 0.4) is 0 Å². The second kappa shape index (κ2) is 15.1. The quantitative estimate of drug-likeness (QED) is 0.129. The van der Waals surface area contributed by atoms with E-state index in [1.165, 1.54) is 29.3 Å². The summed E-state index contributed by atoms with van der Waals surface area (Å²) in [6.07, 6.45) is 0. The van der Waals surface area contributed by atoms with Crippen LogP contribution >= 0.6 is 11.9 Å². The molecule has 1 aromatic heterocycles. The van der Waals surface area contributed by atoms with Gasteiger partial charge in [-0.25, -0.2) is 28.1 Å². The van der Waals surface area contributed by atoms with Crippen molar-refractivity contribution in [3.8, 4) is 0 Å². The number of carbonyl (C=O) groups is 1. The van der Waals surface area contributed by atoms with E-state index in [1.807, 2.05) is 30.3 Å². The summed E-state index contributed by atoms with van der Waals surface area (Å²) in [4.78, 5) is 17.2. The van der Waals surface area contributed by atoms with E-state index in [1.54, 1.807) is 26.8 Å². The van der Waals surface area contributed by atoms with Crippen LogP contribution in [0.4, 0.5) is 17.3 Å². The molecule has 0 fully saturated rings. The molecule has 0 bridgehead atoms. The topological polar surface area (TPSA) is 173 Å². The van der Waals surface area contributed by atoms with Crippen LogP contribution in [0.2, 0.25) is 0 Å². The number of carboxylic acids is 1. The summed E-state index contributed by atoms with van der Waals surface area (Å²) in [7, 11) is -3.87. The van der Waals surface area contributed by atoms with E-state index >= 15 is 0 Å². The molecule has 4 rings (SSSR count). The number of aliphatic carboxylic acids is 1. The Morgan fingerprint density at radius 2 is 1.61 bits per heavy atom. The number of hydrazone groups is 1. The Hall–Kier alpha value is -3.29. The number of nitrogens with zero attached hydrogens (tertiary/aromatic N) is 6. The van der Waals surface area contributed by atoms with Crippen LogP contribution in [0.15, 0.2) is 90.1 Å². The molecule has 0 atom stereocenters. The van der Waals surface area contributed by atoms with Crippen molar-refractivity contribution < 1.29 is 18.3 Å². The summed E-state index contributed by atoms with van der Waals surface area (Å²) in [5.74, 6) is -0.651. The zero-order valence-corrected chi connectivity index (χ0v) is 28.7. The zero-order chi connectivity index (χ0) is 29.4. The van der Waals surface area contributed by atoms with Gasteiger partial charge in [0.05, 0.1) is 22.0 Å². The number of carboxylic acid groups (broad SMARTS) is 1.